The van der Waals surface area contributed by atoms with Crippen molar-refractivity contribution < 1.29 is 9.18 Å². The first kappa shape index (κ1) is 19.3. The Bertz CT molecular complexity index is 997. The van der Waals surface area contributed by atoms with E-state index in [1.807, 2.05) is 19.9 Å². The van der Waals surface area contributed by atoms with Crippen molar-refractivity contribution in [3.8, 4) is 11.4 Å². The van der Waals surface area contributed by atoms with Gasteiger partial charge in [-0.25, -0.2) is 14.4 Å². The molecule has 0 bridgehead atoms. The van der Waals surface area contributed by atoms with E-state index in [1.54, 1.807) is 30.3 Å². The minimum Gasteiger partial charge on any atom is -0.324 e. The minimum atomic E-state index is -0.346. The van der Waals surface area contributed by atoms with Crippen molar-refractivity contribution in [2.24, 2.45) is 0 Å². The Morgan fingerprint density at radius 3 is 2.70 bits per heavy atom. The predicted molar refractivity (Wildman–Crippen MR) is 108 cm³/mol. The lowest BCUT2D eigenvalue weighted by Gasteiger charge is -2.09. The molecule has 27 heavy (non-hydrogen) atoms. The SMILES string of the molecule is Cc1ccc(NC(=O)CSc2cc(C)nc(-c3cccc(F)c3)n2)c(Cl)c1. The zero-order chi connectivity index (χ0) is 19.4. The van der Waals surface area contributed by atoms with Crippen LogP contribution in [0.25, 0.3) is 11.4 Å². The lowest BCUT2D eigenvalue weighted by molar-refractivity contribution is -0.113. The molecule has 0 aliphatic carbocycles. The molecule has 1 amide bonds. The molecule has 138 valence electrons. The topological polar surface area (TPSA) is 54.9 Å². The highest BCUT2D eigenvalue weighted by Gasteiger charge is 2.10. The van der Waals surface area contributed by atoms with Crippen molar-refractivity contribution in [1.82, 2.24) is 9.97 Å². The van der Waals surface area contributed by atoms with Gasteiger partial charge < -0.3 is 5.32 Å². The largest absolute Gasteiger partial charge is 0.324 e. The number of benzene rings is 2. The molecule has 1 aromatic heterocycles. The fourth-order valence-corrected chi connectivity index (χ4v) is 3.46. The van der Waals surface area contributed by atoms with Gasteiger partial charge in [-0.15, -0.1) is 0 Å². The van der Waals surface area contributed by atoms with Gasteiger partial charge >= 0.3 is 0 Å². The molecular weight excluding hydrogens is 385 g/mol. The summed E-state index contributed by atoms with van der Waals surface area (Å²) < 4.78 is 13.4. The van der Waals surface area contributed by atoms with Crippen molar-refractivity contribution in [2.45, 2.75) is 18.9 Å². The summed E-state index contributed by atoms with van der Waals surface area (Å²) in [4.78, 5) is 21.0. The van der Waals surface area contributed by atoms with Crippen LogP contribution in [-0.4, -0.2) is 21.6 Å². The molecule has 0 saturated carbocycles. The normalized spacial score (nSPS) is 10.7. The number of rotatable bonds is 5. The Morgan fingerprint density at radius 2 is 1.96 bits per heavy atom. The maximum absolute atomic E-state index is 13.4. The van der Waals surface area contributed by atoms with Crippen LogP contribution in [0.5, 0.6) is 0 Å². The molecule has 4 nitrogen and oxygen atoms in total. The van der Waals surface area contributed by atoms with E-state index in [0.29, 0.717) is 27.1 Å². The lowest BCUT2D eigenvalue weighted by atomic mass is 10.2. The van der Waals surface area contributed by atoms with Gasteiger partial charge in [-0.2, -0.15) is 0 Å². The summed E-state index contributed by atoms with van der Waals surface area (Å²) in [6.07, 6.45) is 0. The first-order valence-electron chi connectivity index (χ1n) is 8.21. The average Bonchev–Trinajstić information content (AvgIpc) is 2.62. The van der Waals surface area contributed by atoms with Crippen molar-refractivity contribution >= 4 is 35.0 Å². The molecule has 0 saturated heterocycles. The van der Waals surface area contributed by atoms with Crippen molar-refractivity contribution in [3.63, 3.8) is 0 Å². The van der Waals surface area contributed by atoms with E-state index in [2.05, 4.69) is 15.3 Å². The summed E-state index contributed by atoms with van der Waals surface area (Å²) in [5.74, 6) is 0.0676. The Kier molecular flexibility index (Phi) is 6.08. The Labute approximate surface area is 166 Å². The highest BCUT2D eigenvalue weighted by molar-refractivity contribution is 7.99. The van der Waals surface area contributed by atoms with E-state index in [4.69, 9.17) is 11.6 Å². The molecule has 1 N–H and O–H groups in total. The lowest BCUT2D eigenvalue weighted by Crippen LogP contribution is -2.14. The Hall–Kier alpha value is -2.44. The highest BCUT2D eigenvalue weighted by Crippen LogP contribution is 2.25. The first-order valence-corrected chi connectivity index (χ1v) is 9.57. The third kappa shape index (κ3) is 5.28. The molecule has 0 aliphatic heterocycles. The van der Waals surface area contributed by atoms with Crippen molar-refractivity contribution in [1.29, 1.82) is 0 Å². The monoisotopic (exact) mass is 401 g/mol. The number of thioether (sulfide) groups is 1. The van der Waals surface area contributed by atoms with Gasteiger partial charge in [0.1, 0.15) is 10.8 Å². The van der Waals surface area contributed by atoms with Crippen LogP contribution in [0.3, 0.4) is 0 Å². The van der Waals surface area contributed by atoms with Crippen LogP contribution < -0.4 is 5.32 Å². The number of hydrogen-bond donors (Lipinski definition) is 1. The number of carbonyl (C=O) groups excluding carboxylic acids is 1. The Balaban J connectivity index is 1.69. The van der Waals surface area contributed by atoms with E-state index in [9.17, 15) is 9.18 Å². The molecule has 0 atom stereocenters. The number of nitrogens with one attached hydrogen (secondary N) is 1. The van der Waals surface area contributed by atoms with Crippen LogP contribution in [0.2, 0.25) is 5.02 Å². The summed E-state index contributed by atoms with van der Waals surface area (Å²) in [5, 5.41) is 3.94. The fourth-order valence-electron chi connectivity index (χ4n) is 2.42. The molecule has 7 heteroatoms. The summed E-state index contributed by atoms with van der Waals surface area (Å²) in [7, 11) is 0. The van der Waals surface area contributed by atoms with E-state index >= 15 is 0 Å². The predicted octanol–water partition coefficient (Wildman–Crippen LogP) is 5.28. The molecule has 3 aromatic rings. The van der Waals surface area contributed by atoms with Gasteiger partial charge in [-0.1, -0.05) is 41.6 Å². The van der Waals surface area contributed by atoms with E-state index in [-0.39, 0.29) is 17.5 Å². The number of halogens is 2. The first-order chi connectivity index (χ1) is 12.9. The van der Waals surface area contributed by atoms with E-state index in [1.165, 1.54) is 23.9 Å². The number of nitrogens with zero attached hydrogens (tertiary/aromatic N) is 2. The smallest absolute Gasteiger partial charge is 0.234 e. The van der Waals surface area contributed by atoms with Crippen LogP contribution >= 0.6 is 23.4 Å². The van der Waals surface area contributed by atoms with Crippen LogP contribution in [0, 0.1) is 19.7 Å². The molecule has 0 unspecified atom stereocenters. The summed E-state index contributed by atoms with van der Waals surface area (Å²) in [6.45, 7) is 3.77. The molecule has 0 fully saturated rings. The molecule has 1 heterocycles. The molecular formula is C20H17ClFN3OS. The zero-order valence-electron chi connectivity index (χ0n) is 14.8. The number of carbonyl (C=O) groups is 1. The van der Waals surface area contributed by atoms with Crippen LogP contribution in [0.15, 0.2) is 53.6 Å². The van der Waals surface area contributed by atoms with Gasteiger partial charge in [0.15, 0.2) is 5.82 Å². The van der Waals surface area contributed by atoms with Gasteiger partial charge in [-0.3, -0.25) is 4.79 Å². The third-order valence-electron chi connectivity index (χ3n) is 3.66. The number of aryl methyl sites for hydroxylation is 2. The highest BCUT2D eigenvalue weighted by atomic mass is 35.5. The standard InChI is InChI=1S/C20H17ClFN3OS/c1-12-6-7-17(16(21)8-12)24-18(26)11-27-19-9-13(2)23-20(25-19)14-4-3-5-15(22)10-14/h3-10H,11H2,1-2H3,(H,24,26). The number of aromatic nitrogens is 2. The maximum Gasteiger partial charge on any atom is 0.234 e. The third-order valence-corrected chi connectivity index (χ3v) is 4.89. The van der Waals surface area contributed by atoms with Crippen LogP contribution in [-0.2, 0) is 4.79 Å². The van der Waals surface area contributed by atoms with Gasteiger partial charge in [-0.05, 0) is 49.7 Å². The van der Waals surface area contributed by atoms with E-state index < -0.39 is 0 Å². The van der Waals surface area contributed by atoms with E-state index in [0.717, 1.165) is 11.3 Å². The van der Waals surface area contributed by atoms with Crippen LogP contribution in [0.4, 0.5) is 10.1 Å². The maximum atomic E-state index is 13.4. The molecule has 0 radical (unpaired) electrons. The average molecular weight is 402 g/mol. The van der Waals surface area contributed by atoms with Crippen molar-refractivity contribution in [2.75, 3.05) is 11.1 Å². The molecule has 0 spiro atoms. The molecule has 2 aromatic carbocycles. The van der Waals surface area contributed by atoms with Gasteiger partial charge in [0.05, 0.1) is 16.5 Å². The minimum absolute atomic E-state index is 0.170. The second-order valence-corrected chi connectivity index (χ2v) is 7.40. The second-order valence-electron chi connectivity index (χ2n) is 6.00. The number of hydrogen-bond acceptors (Lipinski definition) is 4. The summed E-state index contributed by atoms with van der Waals surface area (Å²) >= 11 is 7.42. The number of anilines is 1. The van der Waals surface area contributed by atoms with Gasteiger partial charge in [0, 0.05) is 11.3 Å². The fraction of sp³-hybridized carbons (Fsp3) is 0.150. The zero-order valence-corrected chi connectivity index (χ0v) is 16.4. The second kappa shape index (κ2) is 8.50. The van der Waals surface area contributed by atoms with Gasteiger partial charge in [0.2, 0.25) is 5.91 Å². The number of amides is 1. The summed E-state index contributed by atoms with van der Waals surface area (Å²) in [5.41, 5.74) is 2.94. The molecule has 0 aliphatic rings. The van der Waals surface area contributed by atoms with Gasteiger partial charge in [0.25, 0.3) is 0 Å². The van der Waals surface area contributed by atoms with Crippen molar-refractivity contribution in [3.05, 3.63) is 70.6 Å². The quantitative estimate of drug-likeness (QED) is 0.466. The summed E-state index contributed by atoms with van der Waals surface area (Å²) in [6, 6.07) is 13.4. The molecule has 3 rings (SSSR count). The Morgan fingerprint density at radius 1 is 1.15 bits per heavy atom. The van der Waals surface area contributed by atoms with Crippen LogP contribution in [0.1, 0.15) is 11.3 Å².